The molecule has 3 heteroatoms. The molecule has 2 N–H and O–H groups in total. The Kier molecular flexibility index (Phi) is 4.54. The van der Waals surface area contributed by atoms with Crippen LogP contribution in [0.4, 0.5) is 0 Å². The van der Waals surface area contributed by atoms with Crippen LogP contribution in [-0.4, -0.2) is 43.8 Å². The van der Waals surface area contributed by atoms with Crippen LogP contribution < -0.4 is 5.73 Å². The van der Waals surface area contributed by atoms with Gasteiger partial charge in [-0.15, -0.1) is 0 Å². The number of rotatable bonds is 4. The summed E-state index contributed by atoms with van der Waals surface area (Å²) < 4.78 is 5.58. The van der Waals surface area contributed by atoms with Crippen molar-refractivity contribution in [3.05, 3.63) is 35.9 Å². The minimum Gasteiger partial charge on any atom is -0.374 e. The van der Waals surface area contributed by atoms with Crippen molar-refractivity contribution in [3.8, 4) is 0 Å². The van der Waals surface area contributed by atoms with Crippen molar-refractivity contribution >= 4 is 0 Å². The summed E-state index contributed by atoms with van der Waals surface area (Å²) in [7, 11) is 0. The summed E-state index contributed by atoms with van der Waals surface area (Å²) in [5.74, 6) is 0.563. The summed E-state index contributed by atoms with van der Waals surface area (Å²) in [6.45, 7) is 6.78. The molecular formula is C14H22N2O. The molecule has 1 aromatic carbocycles. The Labute approximate surface area is 104 Å². The fourth-order valence-corrected chi connectivity index (χ4v) is 2.36. The summed E-state index contributed by atoms with van der Waals surface area (Å²) in [5.41, 5.74) is 7.06. The molecule has 0 radical (unpaired) electrons. The molecule has 0 saturated carbocycles. The number of nitrogens with two attached hydrogens (primary N) is 1. The van der Waals surface area contributed by atoms with E-state index in [0.717, 1.165) is 26.2 Å². The molecule has 3 nitrogen and oxygen atoms in total. The molecule has 2 atom stereocenters. The second-order valence-corrected chi connectivity index (χ2v) is 4.80. The van der Waals surface area contributed by atoms with E-state index in [1.807, 2.05) is 0 Å². The van der Waals surface area contributed by atoms with Crippen LogP contribution in [0.5, 0.6) is 0 Å². The lowest BCUT2D eigenvalue weighted by atomic mass is 10.0. The van der Waals surface area contributed by atoms with Crippen molar-refractivity contribution < 1.29 is 4.74 Å². The second-order valence-electron chi connectivity index (χ2n) is 4.80. The highest BCUT2D eigenvalue weighted by Gasteiger charge is 2.20. The lowest BCUT2D eigenvalue weighted by Gasteiger charge is -2.34. The Morgan fingerprint density at radius 3 is 2.88 bits per heavy atom. The normalized spacial score (nSPS) is 23.5. The summed E-state index contributed by atoms with van der Waals surface area (Å²) >= 11 is 0. The summed E-state index contributed by atoms with van der Waals surface area (Å²) in [6, 6.07) is 10.7. The Balaban J connectivity index is 1.88. The highest BCUT2D eigenvalue weighted by molar-refractivity contribution is 5.19. The van der Waals surface area contributed by atoms with Gasteiger partial charge in [-0.1, -0.05) is 37.3 Å². The van der Waals surface area contributed by atoms with Gasteiger partial charge in [-0.3, -0.25) is 4.90 Å². The van der Waals surface area contributed by atoms with E-state index in [9.17, 15) is 0 Å². The molecule has 1 aliphatic rings. The van der Waals surface area contributed by atoms with Crippen molar-refractivity contribution in [1.82, 2.24) is 4.90 Å². The van der Waals surface area contributed by atoms with Crippen LogP contribution in [-0.2, 0) is 4.74 Å². The van der Waals surface area contributed by atoms with E-state index >= 15 is 0 Å². The summed E-state index contributed by atoms with van der Waals surface area (Å²) in [6.07, 6.45) is 0.215. The lowest BCUT2D eigenvalue weighted by molar-refractivity contribution is -0.0244. The molecule has 0 amide bonds. The number of benzene rings is 1. The van der Waals surface area contributed by atoms with Gasteiger partial charge < -0.3 is 10.5 Å². The summed E-state index contributed by atoms with van der Waals surface area (Å²) in [5, 5.41) is 0. The predicted molar refractivity (Wildman–Crippen MR) is 70.1 cm³/mol. The van der Waals surface area contributed by atoms with Crippen LogP contribution in [0.25, 0.3) is 0 Å². The first-order valence-electron chi connectivity index (χ1n) is 6.38. The standard InChI is InChI=1S/C14H22N2O/c1-12(13-5-3-2-4-6-13)10-16-7-8-17-14(9-15)11-16/h2-6,12,14H,7-11,15H2,1H3. The fraction of sp³-hybridized carbons (Fsp3) is 0.571. The smallest absolute Gasteiger partial charge is 0.0824 e. The number of ether oxygens (including phenoxy) is 1. The average molecular weight is 234 g/mol. The lowest BCUT2D eigenvalue weighted by Crippen LogP contribution is -2.46. The quantitative estimate of drug-likeness (QED) is 0.857. The molecule has 2 unspecified atom stereocenters. The fourth-order valence-electron chi connectivity index (χ4n) is 2.36. The molecule has 0 bridgehead atoms. The van der Waals surface area contributed by atoms with Gasteiger partial charge in [0.15, 0.2) is 0 Å². The monoisotopic (exact) mass is 234 g/mol. The van der Waals surface area contributed by atoms with E-state index in [0.29, 0.717) is 12.5 Å². The van der Waals surface area contributed by atoms with Crippen LogP contribution >= 0.6 is 0 Å². The first-order valence-corrected chi connectivity index (χ1v) is 6.38. The highest BCUT2D eigenvalue weighted by atomic mass is 16.5. The maximum absolute atomic E-state index is 5.66. The zero-order valence-electron chi connectivity index (χ0n) is 10.5. The van der Waals surface area contributed by atoms with Crippen LogP contribution in [0.2, 0.25) is 0 Å². The Morgan fingerprint density at radius 2 is 2.18 bits per heavy atom. The maximum atomic E-state index is 5.66. The molecule has 1 saturated heterocycles. The molecule has 0 aromatic heterocycles. The maximum Gasteiger partial charge on any atom is 0.0824 e. The van der Waals surface area contributed by atoms with Gasteiger partial charge in [0.05, 0.1) is 12.7 Å². The molecule has 94 valence electrons. The third-order valence-corrected chi connectivity index (χ3v) is 3.39. The minimum atomic E-state index is 0.215. The Hall–Kier alpha value is -0.900. The first-order chi connectivity index (χ1) is 8.29. The second kappa shape index (κ2) is 6.15. The van der Waals surface area contributed by atoms with Crippen molar-refractivity contribution in [2.24, 2.45) is 5.73 Å². The number of hydrogen-bond acceptors (Lipinski definition) is 3. The van der Waals surface area contributed by atoms with Gasteiger partial charge in [-0.25, -0.2) is 0 Å². The van der Waals surface area contributed by atoms with Crippen LogP contribution in [0.1, 0.15) is 18.4 Å². The molecule has 2 rings (SSSR count). The van der Waals surface area contributed by atoms with Crippen LogP contribution in [0.15, 0.2) is 30.3 Å². The van der Waals surface area contributed by atoms with Gasteiger partial charge in [0, 0.05) is 26.2 Å². The largest absolute Gasteiger partial charge is 0.374 e. The molecule has 1 fully saturated rings. The van der Waals surface area contributed by atoms with Gasteiger partial charge in [0.25, 0.3) is 0 Å². The van der Waals surface area contributed by atoms with Crippen molar-refractivity contribution in [3.63, 3.8) is 0 Å². The van der Waals surface area contributed by atoms with Crippen LogP contribution in [0.3, 0.4) is 0 Å². The molecule has 0 spiro atoms. The SMILES string of the molecule is CC(CN1CCOC(CN)C1)c1ccccc1. The molecular weight excluding hydrogens is 212 g/mol. The first kappa shape index (κ1) is 12.6. The number of morpholine rings is 1. The predicted octanol–water partition coefficient (Wildman–Crippen LogP) is 1.45. The molecule has 17 heavy (non-hydrogen) atoms. The Bertz CT molecular complexity index is 328. The third kappa shape index (κ3) is 3.53. The van der Waals surface area contributed by atoms with E-state index < -0.39 is 0 Å². The van der Waals surface area contributed by atoms with Gasteiger partial charge in [-0.05, 0) is 11.5 Å². The van der Waals surface area contributed by atoms with Crippen LogP contribution in [0, 0.1) is 0 Å². The third-order valence-electron chi connectivity index (χ3n) is 3.39. The van der Waals surface area contributed by atoms with E-state index in [2.05, 4.69) is 42.2 Å². The number of nitrogens with zero attached hydrogens (tertiary/aromatic N) is 1. The molecule has 1 aromatic rings. The summed E-state index contributed by atoms with van der Waals surface area (Å²) in [4.78, 5) is 2.46. The highest BCUT2D eigenvalue weighted by Crippen LogP contribution is 2.17. The van der Waals surface area contributed by atoms with Gasteiger partial charge in [0.1, 0.15) is 0 Å². The van der Waals surface area contributed by atoms with E-state index in [4.69, 9.17) is 10.5 Å². The molecule has 1 heterocycles. The van der Waals surface area contributed by atoms with Crippen molar-refractivity contribution in [1.29, 1.82) is 0 Å². The van der Waals surface area contributed by atoms with E-state index in [1.165, 1.54) is 5.56 Å². The molecule has 0 aliphatic carbocycles. The average Bonchev–Trinajstić information content (AvgIpc) is 2.40. The van der Waals surface area contributed by atoms with Gasteiger partial charge in [0.2, 0.25) is 0 Å². The zero-order valence-corrected chi connectivity index (χ0v) is 10.5. The van der Waals surface area contributed by atoms with Gasteiger partial charge >= 0.3 is 0 Å². The topological polar surface area (TPSA) is 38.5 Å². The van der Waals surface area contributed by atoms with E-state index in [1.54, 1.807) is 0 Å². The zero-order chi connectivity index (χ0) is 12.1. The van der Waals surface area contributed by atoms with Crippen molar-refractivity contribution in [2.75, 3.05) is 32.8 Å². The number of hydrogen-bond donors (Lipinski definition) is 1. The minimum absolute atomic E-state index is 0.215. The molecule has 1 aliphatic heterocycles. The Morgan fingerprint density at radius 1 is 1.41 bits per heavy atom. The van der Waals surface area contributed by atoms with Gasteiger partial charge in [-0.2, -0.15) is 0 Å². The van der Waals surface area contributed by atoms with Crippen molar-refractivity contribution in [2.45, 2.75) is 18.9 Å². The van der Waals surface area contributed by atoms with E-state index in [-0.39, 0.29) is 6.10 Å².